The Morgan fingerprint density at radius 2 is 1.60 bits per heavy atom. The maximum atomic E-state index is 14.0. The van der Waals surface area contributed by atoms with Crippen LogP contribution in [0, 0.1) is 6.92 Å². The summed E-state index contributed by atoms with van der Waals surface area (Å²) in [6.07, 6.45) is 1.33. The fraction of sp³-hybridized carbons (Fsp3) is 0.355. The zero-order chi connectivity index (χ0) is 29.3. The molecule has 0 aliphatic rings. The third-order valence-electron chi connectivity index (χ3n) is 6.76. The van der Waals surface area contributed by atoms with E-state index in [1.807, 2.05) is 45.0 Å². The van der Waals surface area contributed by atoms with Gasteiger partial charge in [-0.25, -0.2) is 8.42 Å². The first-order valence-corrected chi connectivity index (χ1v) is 14.9. The number of ether oxygens (including phenoxy) is 1. The molecule has 0 spiro atoms. The molecule has 214 valence electrons. The van der Waals surface area contributed by atoms with Crippen LogP contribution in [0.5, 0.6) is 5.75 Å². The maximum absolute atomic E-state index is 14.0. The van der Waals surface area contributed by atoms with E-state index in [2.05, 4.69) is 5.32 Å². The molecule has 0 radical (unpaired) electrons. The van der Waals surface area contributed by atoms with E-state index in [0.29, 0.717) is 24.4 Å². The molecule has 0 bridgehead atoms. The predicted octanol–water partition coefficient (Wildman–Crippen LogP) is 4.70. The number of para-hydroxylation sites is 1. The Morgan fingerprint density at radius 3 is 2.20 bits per heavy atom. The Balaban J connectivity index is 2.04. The summed E-state index contributed by atoms with van der Waals surface area (Å²) in [7, 11) is -2.53. The average Bonchev–Trinajstić information content (AvgIpc) is 2.97. The summed E-state index contributed by atoms with van der Waals surface area (Å²) >= 11 is 0. The standard InChI is InChI=1S/C31H39N3O5S/c1-6-20-32-31(36)24(4)33(21-25-14-16-27(39-5)17-15-25)30(35)22-34(29-11-9-8-10-26(29)7-2)40(37,38)28-18-12-23(3)13-19-28/h8-19,24H,6-7,20-22H2,1-5H3,(H,32,36). The molecular weight excluding hydrogens is 526 g/mol. The molecule has 0 aliphatic carbocycles. The summed E-state index contributed by atoms with van der Waals surface area (Å²) in [5.74, 6) is -0.121. The van der Waals surface area contributed by atoms with Gasteiger partial charge in [0, 0.05) is 13.1 Å². The number of amides is 2. The number of carbonyl (C=O) groups is 2. The number of nitrogens with one attached hydrogen (secondary N) is 1. The van der Waals surface area contributed by atoms with Gasteiger partial charge in [-0.3, -0.25) is 13.9 Å². The maximum Gasteiger partial charge on any atom is 0.264 e. The average molecular weight is 566 g/mol. The van der Waals surface area contributed by atoms with E-state index in [0.717, 1.165) is 27.4 Å². The largest absolute Gasteiger partial charge is 0.497 e. The number of benzene rings is 3. The third kappa shape index (κ3) is 7.41. The second-order valence-corrected chi connectivity index (χ2v) is 11.5. The van der Waals surface area contributed by atoms with Crippen molar-refractivity contribution in [3.63, 3.8) is 0 Å². The molecule has 2 amide bonds. The fourth-order valence-corrected chi connectivity index (χ4v) is 5.76. The van der Waals surface area contributed by atoms with Crippen molar-refractivity contribution in [3.8, 4) is 5.75 Å². The summed E-state index contributed by atoms with van der Waals surface area (Å²) in [6.45, 7) is 7.56. The Hall–Kier alpha value is -3.85. The highest BCUT2D eigenvalue weighted by molar-refractivity contribution is 7.92. The first-order valence-electron chi connectivity index (χ1n) is 13.5. The number of anilines is 1. The van der Waals surface area contributed by atoms with Crippen LogP contribution in [0.3, 0.4) is 0 Å². The van der Waals surface area contributed by atoms with Gasteiger partial charge in [0.05, 0.1) is 17.7 Å². The molecule has 0 saturated carbocycles. The van der Waals surface area contributed by atoms with E-state index in [-0.39, 0.29) is 17.3 Å². The molecule has 0 saturated heterocycles. The lowest BCUT2D eigenvalue weighted by Crippen LogP contribution is -2.51. The number of sulfonamides is 1. The van der Waals surface area contributed by atoms with Crippen LogP contribution in [-0.4, -0.2) is 51.4 Å². The highest BCUT2D eigenvalue weighted by Gasteiger charge is 2.33. The molecule has 3 aromatic carbocycles. The van der Waals surface area contributed by atoms with Crippen molar-refractivity contribution in [2.45, 2.75) is 58.0 Å². The smallest absolute Gasteiger partial charge is 0.264 e. The molecular formula is C31H39N3O5S. The van der Waals surface area contributed by atoms with Crippen molar-refractivity contribution in [3.05, 3.63) is 89.5 Å². The van der Waals surface area contributed by atoms with Gasteiger partial charge in [-0.05, 0) is 68.1 Å². The molecule has 3 rings (SSSR count). The SMILES string of the molecule is CCCNC(=O)C(C)N(Cc1ccc(OC)cc1)C(=O)CN(c1ccccc1CC)S(=O)(=O)c1ccc(C)cc1. The summed E-state index contributed by atoms with van der Waals surface area (Å²) in [5, 5.41) is 2.85. The molecule has 9 heteroatoms. The monoisotopic (exact) mass is 565 g/mol. The number of hydrogen-bond donors (Lipinski definition) is 1. The minimum absolute atomic E-state index is 0.0900. The van der Waals surface area contributed by atoms with E-state index in [1.165, 1.54) is 4.90 Å². The number of methoxy groups -OCH3 is 1. The van der Waals surface area contributed by atoms with E-state index >= 15 is 0 Å². The van der Waals surface area contributed by atoms with E-state index < -0.39 is 28.5 Å². The quantitative estimate of drug-likeness (QED) is 0.324. The first kappa shape index (κ1) is 30.7. The zero-order valence-electron chi connectivity index (χ0n) is 23.9. The molecule has 0 aliphatic heterocycles. The van der Waals surface area contributed by atoms with E-state index in [9.17, 15) is 18.0 Å². The number of rotatable bonds is 13. The minimum atomic E-state index is -4.11. The van der Waals surface area contributed by atoms with Crippen LogP contribution in [0.2, 0.25) is 0 Å². The Kier molecular flexibility index (Phi) is 10.7. The molecule has 0 fully saturated rings. The molecule has 8 nitrogen and oxygen atoms in total. The normalized spacial score (nSPS) is 11.9. The van der Waals surface area contributed by atoms with Gasteiger partial charge in [0.15, 0.2) is 0 Å². The number of hydrogen-bond acceptors (Lipinski definition) is 5. The van der Waals surface area contributed by atoms with Crippen LogP contribution in [0.15, 0.2) is 77.7 Å². The Bertz CT molecular complexity index is 1390. The second kappa shape index (κ2) is 14.0. The summed E-state index contributed by atoms with van der Waals surface area (Å²) in [6, 6.07) is 20.1. The highest BCUT2D eigenvalue weighted by Crippen LogP contribution is 2.28. The number of carbonyl (C=O) groups excluding carboxylic acids is 2. The minimum Gasteiger partial charge on any atom is -0.497 e. The lowest BCUT2D eigenvalue weighted by Gasteiger charge is -2.32. The predicted molar refractivity (Wildman–Crippen MR) is 158 cm³/mol. The summed E-state index contributed by atoms with van der Waals surface area (Å²) in [5.41, 5.74) is 2.94. The van der Waals surface area contributed by atoms with Crippen LogP contribution < -0.4 is 14.4 Å². The molecule has 3 aromatic rings. The van der Waals surface area contributed by atoms with Crippen LogP contribution in [-0.2, 0) is 32.6 Å². The van der Waals surface area contributed by atoms with Gasteiger partial charge in [0.1, 0.15) is 18.3 Å². The molecule has 1 N–H and O–H groups in total. The van der Waals surface area contributed by atoms with Gasteiger partial charge in [0.2, 0.25) is 11.8 Å². The topological polar surface area (TPSA) is 96.0 Å². The van der Waals surface area contributed by atoms with E-state index in [4.69, 9.17) is 4.74 Å². The van der Waals surface area contributed by atoms with Crippen molar-refractivity contribution in [1.82, 2.24) is 10.2 Å². The van der Waals surface area contributed by atoms with E-state index in [1.54, 1.807) is 62.6 Å². The second-order valence-electron chi connectivity index (χ2n) is 9.64. The lowest BCUT2D eigenvalue weighted by molar-refractivity contribution is -0.139. The van der Waals surface area contributed by atoms with Gasteiger partial charge in [-0.15, -0.1) is 0 Å². The molecule has 0 heterocycles. The van der Waals surface area contributed by atoms with Gasteiger partial charge in [-0.1, -0.05) is 61.9 Å². The van der Waals surface area contributed by atoms with Crippen molar-refractivity contribution >= 4 is 27.5 Å². The van der Waals surface area contributed by atoms with Gasteiger partial charge in [-0.2, -0.15) is 0 Å². The van der Waals surface area contributed by atoms with Crippen molar-refractivity contribution < 1.29 is 22.7 Å². The summed E-state index contributed by atoms with van der Waals surface area (Å²) < 4.78 is 34.4. The highest BCUT2D eigenvalue weighted by atomic mass is 32.2. The Morgan fingerprint density at radius 1 is 0.950 bits per heavy atom. The van der Waals surface area contributed by atoms with Crippen LogP contribution in [0.25, 0.3) is 0 Å². The van der Waals surface area contributed by atoms with Gasteiger partial charge in [0.25, 0.3) is 10.0 Å². The van der Waals surface area contributed by atoms with Crippen LogP contribution in [0.1, 0.15) is 43.9 Å². The lowest BCUT2D eigenvalue weighted by atomic mass is 10.1. The third-order valence-corrected chi connectivity index (χ3v) is 8.53. The zero-order valence-corrected chi connectivity index (χ0v) is 24.7. The van der Waals surface area contributed by atoms with Crippen LogP contribution in [0.4, 0.5) is 5.69 Å². The van der Waals surface area contributed by atoms with Crippen molar-refractivity contribution in [2.24, 2.45) is 0 Å². The molecule has 0 aromatic heterocycles. The Labute approximate surface area is 238 Å². The van der Waals surface area contributed by atoms with Gasteiger partial charge < -0.3 is 15.0 Å². The molecule has 40 heavy (non-hydrogen) atoms. The number of aryl methyl sites for hydroxylation is 2. The van der Waals surface area contributed by atoms with Gasteiger partial charge >= 0.3 is 0 Å². The molecule has 1 unspecified atom stereocenters. The fourth-order valence-electron chi connectivity index (χ4n) is 4.31. The molecule has 1 atom stereocenters. The summed E-state index contributed by atoms with van der Waals surface area (Å²) in [4.78, 5) is 28.5. The van der Waals surface area contributed by atoms with Crippen molar-refractivity contribution in [1.29, 1.82) is 0 Å². The number of nitrogens with zero attached hydrogens (tertiary/aromatic N) is 2. The first-order chi connectivity index (χ1) is 19.1. The van der Waals surface area contributed by atoms with Crippen LogP contribution >= 0.6 is 0 Å². The van der Waals surface area contributed by atoms with Crippen molar-refractivity contribution in [2.75, 3.05) is 24.5 Å².